The molecule has 2 nitrogen and oxygen atoms in total. The van der Waals surface area contributed by atoms with E-state index in [1.54, 1.807) is 11.3 Å². The lowest BCUT2D eigenvalue weighted by Crippen LogP contribution is -2.23. The Balaban J connectivity index is 1.90. The van der Waals surface area contributed by atoms with Gasteiger partial charge in [0.2, 0.25) is 0 Å². The van der Waals surface area contributed by atoms with E-state index in [0.29, 0.717) is 6.04 Å². The van der Waals surface area contributed by atoms with Crippen molar-refractivity contribution >= 4 is 44.1 Å². The summed E-state index contributed by atoms with van der Waals surface area (Å²) in [5.74, 6) is 0. The fourth-order valence-corrected chi connectivity index (χ4v) is 4.25. The Morgan fingerprint density at radius 1 is 1.14 bits per heavy atom. The van der Waals surface area contributed by atoms with Gasteiger partial charge in [0.05, 0.1) is 15.2 Å². The normalized spacial score (nSPS) is 12.7. The largest absolute Gasteiger partial charge is 0.310 e. The highest BCUT2D eigenvalue weighted by atomic mass is 127. The number of fused-ring (bicyclic) bond motifs is 1. The summed E-state index contributed by atoms with van der Waals surface area (Å²) in [5, 5.41) is 4.79. The number of hydrogen-bond acceptors (Lipinski definition) is 3. The zero-order valence-electron chi connectivity index (χ0n) is 11.8. The summed E-state index contributed by atoms with van der Waals surface area (Å²) in [6.07, 6.45) is 0.938. The minimum absolute atomic E-state index is 0.323. The molecule has 1 heterocycles. The van der Waals surface area contributed by atoms with Gasteiger partial charge in [0.15, 0.2) is 0 Å². The Morgan fingerprint density at radius 2 is 1.90 bits per heavy atom. The molecule has 1 N–H and O–H groups in total. The van der Waals surface area contributed by atoms with Gasteiger partial charge < -0.3 is 5.32 Å². The summed E-state index contributed by atoms with van der Waals surface area (Å²) in [4.78, 5) is 4.77. The van der Waals surface area contributed by atoms with Crippen molar-refractivity contribution in [1.82, 2.24) is 10.3 Å². The highest BCUT2D eigenvalue weighted by molar-refractivity contribution is 14.1. The number of para-hydroxylation sites is 1. The van der Waals surface area contributed by atoms with Gasteiger partial charge in [-0.2, -0.15) is 0 Å². The van der Waals surface area contributed by atoms with Crippen molar-refractivity contribution in [3.05, 3.63) is 62.7 Å². The quantitative estimate of drug-likeness (QED) is 0.614. The second kappa shape index (κ2) is 6.85. The van der Waals surface area contributed by atoms with E-state index in [4.69, 9.17) is 4.98 Å². The number of nitrogens with one attached hydrogen (secondary N) is 1. The molecule has 0 aliphatic carbocycles. The highest BCUT2D eigenvalue weighted by Gasteiger charge is 2.16. The third kappa shape index (κ3) is 3.44. The average Bonchev–Trinajstić information content (AvgIpc) is 2.89. The van der Waals surface area contributed by atoms with Crippen LogP contribution in [0.25, 0.3) is 10.2 Å². The minimum Gasteiger partial charge on any atom is -0.310 e. The molecule has 3 rings (SSSR count). The monoisotopic (exact) mass is 408 g/mol. The van der Waals surface area contributed by atoms with Crippen LogP contribution in [0.3, 0.4) is 0 Å². The van der Waals surface area contributed by atoms with Crippen LogP contribution in [0.1, 0.15) is 23.5 Å². The third-order valence-electron chi connectivity index (χ3n) is 3.45. The Labute approximate surface area is 142 Å². The van der Waals surface area contributed by atoms with Gasteiger partial charge in [-0.25, -0.2) is 4.98 Å². The molecule has 0 fully saturated rings. The van der Waals surface area contributed by atoms with E-state index in [0.717, 1.165) is 18.5 Å². The molecule has 0 spiro atoms. The number of benzene rings is 2. The molecule has 0 bridgehead atoms. The minimum atomic E-state index is 0.323. The van der Waals surface area contributed by atoms with E-state index in [2.05, 4.69) is 77.3 Å². The molecular formula is C17H17IN2S. The van der Waals surface area contributed by atoms with Gasteiger partial charge >= 0.3 is 0 Å². The summed E-state index contributed by atoms with van der Waals surface area (Å²) in [6.45, 7) is 3.11. The van der Waals surface area contributed by atoms with Crippen LogP contribution in [0.4, 0.5) is 0 Å². The van der Waals surface area contributed by atoms with Crippen molar-refractivity contribution in [3.63, 3.8) is 0 Å². The van der Waals surface area contributed by atoms with Gasteiger partial charge in [-0.1, -0.05) is 37.3 Å². The van der Waals surface area contributed by atoms with Crippen LogP contribution in [-0.4, -0.2) is 11.5 Å². The Hall–Kier alpha value is -0.980. The second-order valence-corrected chi connectivity index (χ2v) is 7.19. The SMILES string of the molecule is CCNC(Cc1nc2ccccc2s1)c1ccccc1I. The van der Waals surface area contributed by atoms with Crippen molar-refractivity contribution in [2.45, 2.75) is 19.4 Å². The summed E-state index contributed by atoms with van der Waals surface area (Å²) >= 11 is 4.21. The van der Waals surface area contributed by atoms with Crippen molar-refractivity contribution in [1.29, 1.82) is 0 Å². The van der Waals surface area contributed by atoms with Crippen LogP contribution in [0, 0.1) is 3.57 Å². The number of rotatable bonds is 5. The molecule has 0 saturated heterocycles. The highest BCUT2D eigenvalue weighted by Crippen LogP contribution is 2.28. The van der Waals surface area contributed by atoms with Gasteiger partial charge in [-0.3, -0.25) is 0 Å². The number of thiazole rings is 1. The number of aromatic nitrogens is 1. The van der Waals surface area contributed by atoms with E-state index >= 15 is 0 Å². The predicted molar refractivity (Wildman–Crippen MR) is 98.9 cm³/mol. The lowest BCUT2D eigenvalue weighted by Gasteiger charge is -2.18. The average molecular weight is 408 g/mol. The van der Waals surface area contributed by atoms with Crippen LogP contribution < -0.4 is 5.32 Å². The summed E-state index contributed by atoms with van der Waals surface area (Å²) < 4.78 is 2.58. The lowest BCUT2D eigenvalue weighted by molar-refractivity contribution is 0.547. The maximum atomic E-state index is 4.77. The molecular weight excluding hydrogens is 391 g/mol. The Bertz CT molecular complexity index is 705. The molecule has 0 radical (unpaired) electrons. The molecule has 3 aromatic rings. The number of halogens is 1. The molecule has 21 heavy (non-hydrogen) atoms. The van der Waals surface area contributed by atoms with Gasteiger partial charge in [-0.05, 0) is 52.9 Å². The zero-order chi connectivity index (χ0) is 14.7. The van der Waals surface area contributed by atoms with Gasteiger partial charge in [0.1, 0.15) is 0 Å². The van der Waals surface area contributed by atoms with E-state index in [1.807, 2.05) is 6.07 Å². The molecule has 1 atom stereocenters. The topological polar surface area (TPSA) is 24.9 Å². The molecule has 0 aliphatic heterocycles. The van der Waals surface area contributed by atoms with Crippen molar-refractivity contribution in [2.24, 2.45) is 0 Å². The van der Waals surface area contributed by atoms with Crippen LogP contribution in [-0.2, 0) is 6.42 Å². The first kappa shape index (κ1) is 14.9. The van der Waals surface area contributed by atoms with Gasteiger partial charge in [0.25, 0.3) is 0 Å². The molecule has 2 aromatic carbocycles. The molecule has 1 unspecified atom stereocenters. The van der Waals surface area contributed by atoms with Crippen molar-refractivity contribution < 1.29 is 0 Å². The first-order chi connectivity index (χ1) is 10.3. The first-order valence-electron chi connectivity index (χ1n) is 7.10. The summed E-state index contributed by atoms with van der Waals surface area (Å²) in [7, 11) is 0. The van der Waals surface area contributed by atoms with E-state index in [-0.39, 0.29) is 0 Å². The van der Waals surface area contributed by atoms with Crippen molar-refractivity contribution in [2.75, 3.05) is 6.54 Å². The molecule has 0 aliphatic rings. The van der Waals surface area contributed by atoms with Crippen LogP contribution in [0.5, 0.6) is 0 Å². The molecule has 108 valence electrons. The smallest absolute Gasteiger partial charge is 0.0957 e. The second-order valence-electron chi connectivity index (χ2n) is 4.91. The van der Waals surface area contributed by atoms with E-state index in [9.17, 15) is 0 Å². The van der Waals surface area contributed by atoms with E-state index < -0.39 is 0 Å². The number of nitrogens with zero attached hydrogens (tertiary/aromatic N) is 1. The molecule has 0 amide bonds. The Morgan fingerprint density at radius 3 is 2.67 bits per heavy atom. The predicted octanol–water partition coefficient (Wildman–Crippen LogP) is 4.79. The van der Waals surface area contributed by atoms with E-state index in [1.165, 1.54) is 18.8 Å². The standard InChI is InChI=1S/C17H17IN2S/c1-2-19-15(12-7-3-4-8-13(12)18)11-17-20-14-9-5-6-10-16(14)21-17/h3-10,15,19H,2,11H2,1H3. The number of hydrogen-bond donors (Lipinski definition) is 1. The van der Waals surface area contributed by atoms with Crippen LogP contribution in [0.15, 0.2) is 48.5 Å². The first-order valence-corrected chi connectivity index (χ1v) is 8.99. The van der Waals surface area contributed by atoms with Gasteiger partial charge in [-0.15, -0.1) is 11.3 Å². The zero-order valence-corrected chi connectivity index (χ0v) is 14.8. The molecule has 0 saturated carbocycles. The molecule has 4 heteroatoms. The summed E-state index contributed by atoms with van der Waals surface area (Å²) in [6, 6.07) is 17.3. The van der Waals surface area contributed by atoms with Crippen LogP contribution >= 0.6 is 33.9 Å². The Kier molecular flexibility index (Phi) is 4.87. The fourth-order valence-electron chi connectivity index (χ4n) is 2.48. The fraction of sp³-hybridized carbons (Fsp3) is 0.235. The third-order valence-corrected chi connectivity index (χ3v) is 5.49. The lowest BCUT2D eigenvalue weighted by atomic mass is 10.0. The molecule has 1 aromatic heterocycles. The van der Waals surface area contributed by atoms with Crippen LogP contribution in [0.2, 0.25) is 0 Å². The van der Waals surface area contributed by atoms with Gasteiger partial charge in [0, 0.05) is 16.0 Å². The summed E-state index contributed by atoms with van der Waals surface area (Å²) in [5.41, 5.74) is 2.47. The maximum Gasteiger partial charge on any atom is 0.0957 e. The number of likely N-dealkylation sites (N-methyl/N-ethyl adjacent to an activating group) is 1. The van der Waals surface area contributed by atoms with Crippen molar-refractivity contribution in [3.8, 4) is 0 Å². The maximum absolute atomic E-state index is 4.77.